The number of phenols is 1. The van der Waals surface area contributed by atoms with Crippen molar-refractivity contribution >= 4 is 11.6 Å². The lowest BCUT2D eigenvalue weighted by molar-refractivity contribution is 0.0352. The van der Waals surface area contributed by atoms with Crippen molar-refractivity contribution in [2.45, 2.75) is 31.8 Å². The second kappa shape index (κ2) is 5.92. The van der Waals surface area contributed by atoms with Crippen LogP contribution in [-0.2, 0) is 6.54 Å². The van der Waals surface area contributed by atoms with Crippen LogP contribution in [0.25, 0.3) is 0 Å². The van der Waals surface area contributed by atoms with Gasteiger partial charge in [-0.25, -0.2) is 0 Å². The second-order valence-electron chi connectivity index (χ2n) is 6.22. The summed E-state index contributed by atoms with van der Waals surface area (Å²) in [5, 5.41) is 10.5. The maximum Gasteiger partial charge on any atom is 0.138 e. The highest BCUT2D eigenvalue weighted by Gasteiger charge is 2.34. The van der Waals surface area contributed by atoms with Gasteiger partial charge in [0.2, 0.25) is 0 Å². The number of phenolic OH excluding ortho intramolecular Hbond substituents is 1. The Morgan fingerprint density at radius 1 is 1.30 bits per heavy atom. The van der Waals surface area contributed by atoms with Crippen molar-refractivity contribution in [3.05, 3.63) is 28.8 Å². The summed E-state index contributed by atoms with van der Waals surface area (Å²) in [5.74, 6) is 1.03. The Balaban J connectivity index is 1.66. The van der Waals surface area contributed by atoms with Crippen LogP contribution in [0.5, 0.6) is 5.75 Å². The predicted molar refractivity (Wildman–Crippen MR) is 82.2 cm³/mol. The quantitative estimate of drug-likeness (QED) is 0.908. The first kappa shape index (κ1) is 14.2. The molecule has 2 fully saturated rings. The van der Waals surface area contributed by atoms with Gasteiger partial charge in [-0.05, 0) is 51.4 Å². The van der Waals surface area contributed by atoms with Crippen LogP contribution in [0.4, 0.5) is 0 Å². The van der Waals surface area contributed by atoms with Crippen LogP contribution in [0, 0.1) is 5.92 Å². The molecule has 2 unspecified atom stereocenters. The third-order valence-electron chi connectivity index (χ3n) is 4.89. The van der Waals surface area contributed by atoms with Crippen molar-refractivity contribution in [1.82, 2.24) is 9.80 Å². The van der Waals surface area contributed by atoms with Crippen molar-refractivity contribution in [2.75, 3.05) is 26.7 Å². The molecule has 0 bridgehead atoms. The summed E-state index contributed by atoms with van der Waals surface area (Å²) in [6, 6.07) is 6.38. The van der Waals surface area contributed by atoms with E-state index in [1.54, 1.807) is 6.07 Å². The molecule has 1 aromatic rings. The lowest BCUT2D eigenvalue weighted by Crippen LogP contribution is -2.52. The normalized spacial score (nSPS) is 28.3. The van der Waals surface area contributed by atoms with Crippen LogP contribution in [0.15, 0.2) is 18.2 Å². The molecule has 1 aromatic carbocycles. The van der Waals surface area contributed by atoms with Crippen LogP contribution in [0.2, 0.25) is 5.02 Å². The molecule has 0 spiro atoms. The Morgan fingerprint density at radius 3 is 3.00 bits per heavy atom. The van der Waals surface area contributed by atoms with Gasteiger partial charge in [-0.15, -0.1) is 0 Å². The van der Waals surface area contributed by atoms with Gasteiger partial charge in [-0.1, -0.05) is 23.7 Å². The largest absolute Gasteiger partial charge is 0.506 e. The Kier molecular flexibility index (Phi) is 4.20. The second-order valence-corrected chi connectivity index (χ2v) is 6.63. The lowest BCUT2D eigenvalue weighted by atomic mass is 9.84. The highest BCUT2D eigenvalue weighted by atomic mass is 35.5. The van der Waals surface area contributed by atoms with Crippen LogP contribution >= 0.6 is 11.6 Å². The van der Waals surface area contributed by atoms with Crippen molar-refractivity contribution in [3.8, 4) is 5.75 Å². The minimum absolute atomic E-state index is 0.247. The molecule has 0 amide bonds. The Hall–Kier alpha value is -0.770. The molecule has 110 valence electrons. The lowest BCUT2D eigenvalue weighted by Gasteiger charge is -2.46. The molecular weight excluding hydrogens is 272 g/mol. The first-order chi connectivity index (χ1) is 9.65. The smallest absolute Gasteiger partial charge is 0.138 e. The van der Waals surface area contributed by atoms with E-state index in [1.807, 2.05) is 12.1 Å². The molecule has 20 heavy (non-hydrogen) atoms. The molecule has 2 aliphatic rings. The maximum atomic E-state index is 10.0. The number of aromatic hydroxyl groups is 1. The zero-order valence-electron chi connectivity index (χ0n) is 12.1. The summed E-state index contributed by atoms with van der Waals surface area (Å²) in [7, 11) is 2.26. The van der Waals surface area contributed by atoms with E-state index in [-0.39, 0.29) is 5.75 Å². The van der Waals surface area contributed by atoms with Crippen molar-refractivity contribution in [2.24, 2.45) is 5.92 Å². The monoisotopic (exact) mass is 294 g/mol. The van der Waals surface area contributed by atoms with Gasteiger partial charge in [0.25, 0.3) is 0 Å². The van der Waals surface area contributed by atoms with Crippen molar-refractivity contribution in [1.29, 1.82) is 0 Å². The van der Waals surface area contributed by atoms with E-state index in [0.717, 1.165) is 37.2 Å². The number of piperidine rings is 2. The maximum absolute atomic E-state index is 10.0. The van der Waals surface area contributed by atoms with E-state index in [2.05, 4.69) is 16.8 Å². The average Bonchev–Trinajstić information content (AvgIpc) is 2.44. The molecule has 3 rings (SSSR count). The number of halogens is 1. The number of hydrogen-bond donors (Lipinski definition) is 1. The summed E-state index contributed by atoms with van der Waals surface area (Å²) < 4.78 is 0. The summed E-state index contributed by atoms with van der Waals surface area (Å²) in [4.78, 5) is 4.99. The van der Waals surface area contributed by atoms with Gasteiger partial charge in [0.05, 0.1) is 5.02 Å². The molecule has 0 aromatic heterocycles. The molecule has 1 N–H and O–H groups in total. The topological polar surface area (TPSA) is 26.7 Å². The Labute approximate surface area is 126 Å². The van der Waals surface area contributed by atoms with E-state index in [9.17, 15) is 5.11 Å². The molecule has 0 radical (unpaired) electrons. The molecule has 2 heterocycles. The summed E-state index contributed by atoms with van der Waals surface area (Å²) in [5.41, 5.74) is 0.945. The van der Waals surface area contributed by atoms with Crippen LogP contribution < -0.4 is 0 Å². The fraction of sp³-hybridized carbons (Fsp3) is 0.625. The van der Waals surface area contributed by atoms with Gasteiger partial charge in [0.1, 0.15) is 5.75 Å². The van der Waals surface area contributed by atoms with Crippen molar-refractivity contribution < 1.29 is 5.11 Å². The first-order valence-electron chi connectivity index (χ1n) is 7.54. The standard InChI is InChI=1S/C16H23ClN2O/c1-18-8-3-5-12-10-19(9-7-15(12)18)11-13-4-2-6-14(17)16(13)20/h2,4,6,12,15,20H,3,5,7-11H2,1H3. The zero-order valence-corrected chi connectivity index (χ0v) is 12.8. The fourth-order valence-electron chi connectivity index (χ4n) is 3.80. The number of rotatable bonds is 2. The zero-order chi connectivity index (χ0) is 14.1. The number of benzene rings is 1. The molecule has 2 atom stereocenters. The van der Waals surface area contributed by atoms with Crippen LogP contribution in [-0.4, -0.2) is 47.6 Å². The number of para-hydroxylation sites is 1. The molecule has 2 aliphatic heterocycles. The summed E-state index contributed by atoms with van der Waals surface area (Å²) >= 11 is 5.99. The first-order valence-corrected chi connectivity index (χ1v) is 7.92. The Morgan fingerprint density at radius 2 is 2.15 bits per heavy atom. The fourth-order valence-corrected chi connectivity index (χ4v) is 3.99. The van der Waals surface area contributed by atoms with Crippen molar-refractivity contribution in [3.63, 3.8) is 0 Å². The van der Waals surface area contributed by atoms with E-state index >= 15 is 0 Å². The SMILES string of the molecule is CN1CCCC2CN(Cc3cccc(Cl)c3O)CCC21. The molecule has 0 aliphatic carbocycles. The number of likely N-dealkylation sites (tertiary alicyclic amines) is 2. The summed E-state index contributed by atoms with van der Waals surface area (Å²) in [6.07, 6.45) is 3.89. The molecule has 4 heteroatoms. The van der Waals surface area contributed by atoms with Gasteiger partial charge < -0.3 is 10.0 Å². The predicted octanol–water partition coefficient (Wildman–Crippen LogP) is 2.96. The van der Waals surface area contributed by atoms with Gasteiger partial charge in [0, 0.05) is 24.7 Å². The third-order valence-corrected chi connectivity index (χ3v) is 5.20. The van der Waals surface area contributed by atoms with Crippen LogP contribution in [0.3, 0.4) is 0 Å². The van der Waals surface area contributed by atoms with Gasteiger partial charge in [-0.3, -0.25) is 4.90 Å². The minimum Gasteiger partial charge on any atom is -0.506 e. The third kappa shape index (κ3) is 2.80. The Bertz CT molecular complexity index is 480. The molecule has 0 saturated carbocycles. The van der Waals surface area contributed by atoms with Gasteiger partial charge in [0.15, 0.2) is 0 Å². The molecule has 3 nitrogen and oxygen atoms in total. The van der Waals surface area contributed by atoms with Gasteiger partial charge in [-0.2, -0.15) is 0 Å². The van der Waals surface area contributed by atoms with E-state index in [4.69, 9.17) is 11.6 Å². The van der Waals surface area contributed by atoms with E-state index in [0.29, 0.717) is 5.02 Å². The highest BCUT2D eigenvalue weighted by molar-refractivity contribution is 6.32. The molecule has 2 saturated heterocycles. The minimum atomic E-state index is 0.247. The van der Waals surface area contributed by atoms with E-state index in [1.165, 1.54) is 25.8 Å². The number of nitrogens with zero attached hydrogens (tertiary/aromatic N) is 2. The average molecular weight is 295 g/mol. The van der Waals surface area contributed by atoms with Crippen LogP contribution in [0.1, 0.15) is 24.8 Å². The highest BCUT2D eigenvalue weighted by Crippen LogP contribution is 2.32. The van der Waals surface area contributed by atoms with E-state index < -0.39 is 0 Å². The number of fused-ring (bicyclic) bond motifs is 1. The molecular formula is C16H23ClN2O. The number of hydrogen-bond acceptors (Lipinski definition) is 3. The summed E-state index contributed by atoms with van der Waals surface area (Å²) in [6.45, 7) is 4.30. The van der Waals surface area contributed by atoms with Gasteiger partial charge >= 0.3 is 0 Å².